The smallest absolute Gasteiger partial charge is 0.230 e. The molecule has 5 aromatic rings. The maximum atomic E-state index is 14.8. The van der Waals surface area contributed by atoms with Crippen LogP contribution in [0.4, 0.5) is 0 Å². The summed E-state index contributed by atoms with van der Waals surface area (Å²) < 4.78 is 14.8. The Morgan fingerprint density at radius 2 is 1.09 bits per heavy atom. The molecule has 0 radical (unpaired) electrons. The molecule has 0 aliphatic heterocycles. The van der Waals surface area contributed by atoms with Crippen LogP contribution < -0.4 is 10.6 Å². The molecule has 0 amide bonds. The first-order valence-corrected chi connectivity index (χ1v) is 12.7. The fraction of sp³-hybridized carbons (Fsp3) is 0. The molecule has 5 rings (SSSR count). The molecule has 0 saturated heterocycles. The first-order chi connectivity index (χ1) is 16.6. The van der Waals surface area contributed by atoms with E-state index < -0.39 is 12.7 Å². The fourth-order valence-corrected chi connectivity index (χ4v) is 6.92. The van der Waals surface area contributed by atoms with Crippen LogP contribution in [0.25, 0.3) is 10.8 Å². The van der Waals surface area contributed by atoms with E-state index in [1.807, 2.05) is 48.5 Å². The molecular formula is C30H21O3P. The molecule has 0 fully saturated rings. The third kappa shape index (κ3) is 3.71. The van der Waals surface area contributed by atoms with Crippen LogP contribution in [0.5, 0.6) is 0 Å². The monoisotopic (exact) mass is 460 g/mol. The summed E-state index contributed by atoms with van der Waals surface area (Å²) in [6, 6.07) is 37.3. The van der Waals surface area contributed by atoms with Gasteiger partial charge in [0.1, 0.15) is 0 Å². The Hall–Kier alpha value is -4.07. The lowest BCUT2D eigenvalue weighted by atomic mass is 9.97. The highest BCUT2D eigenvalue weighted by molar-refractivity contribution is 7.93. The summed E-state index contributed by atoms with van der Waals surface area (Å²) >= 11 is 0. The second kappa shape index (κ2) is 9.05. The number of benzene rings is 5. The molecule has 0 heterocycles. The summed E-state index contributed by atoms with van der Waals surface area (Å²) in [4.78, 5) is 27.7. The largest absolute Gasteiger partial charge is 0.305 e. The Labute approximate surface area is 198 Å². The van der Waals surface area contributed by atoms with Crippen molar-refractivity contribution in [1.29, 1.82) is 0 Å². The van der Waals surface area contributed by atoms with Crippen molar-refractivity contribution in [3.8, 4) is 0 Å². The molecule has 3 nitrogen and oxygen atoms in total. The zero-order valence-corrected chi connectivity index (χ0v) is 19.2. The van der Waals surface area contributed by atoms with Crippen molar-refractivity contribution in [3.05, 3.63) is 144 Å². The van der Waals surface area contributed by atoms with E-state index in [9.17, 15) is 14.2 Å². The summed E-state index contributed by atoms with van der Waals surface area (Å²) in [5, 5.41) is 2.42. The van der Waals surface area contributed by atoms with Gasteiger partial charge in [0.15, 0.2) is 5.78 Å². The maximum Gasteiger partial charge on any atom is 0.230 e. The van der Waals surface area contributed by atoms with Crippen molar-refractivity contribution >= 4 is 39.8 Å². The van der Waals surface area contributed by atoms with Crippen LogP contribution >= 0.6 is 7.14 Å². The molecular weight excluding hydrogens is 439 g/mol. The standard InChI is InChI=1S/C30H21O3P/c31-29(26-20-11-15-22-12-7-8-18-25(22)26)27-19-9-10-21-28(27)34(33,24-16-5-2-6-17-24)30(32)23-13-3-1-4-14-23/h1-21H. The molecule has 1 unspecified atom stereocenters. The van der Waals surface area contributed by atoms with E-state index in [-0.39, 0.29) is 16.7 Å². The normalized spacial score (nSPS) is 12.7. The second-order valence-electron chi connectivity index (χ2n) is 7.99. The minimum Gasteiger partial charge on any atom is -0.305 e. The van der Waals surface area contributed by atoms with E-state index >= 15 is 0 Å². The quantitative estimate of drug-likeness (QED) is 0.223. The van der Waals surface area contributed by atoms with E-state index in [1.54, 1.807) is 78.9 Å². The number of ketones is 1. The summed E-state index contributed by atoms with van der Waals surface area (Å²) in [6.07, 6.45) is 0. The minimum atomic E-state index is -3.87. The molecule has 0 aliphatic rings. The zero-order valence-electron chi connectivity index (χ0n) is 18.3. The second-order valence-corrected chi connectivity index (χ2v) is 10.6. The molecule has 5 aromatic carbocycles. The number of fused-ring (bicyclic) bond motifs is 1. The van der Waals surface area contributed by atoms with Gasteiger partial charge in [0.2, 0.25) is 12.7 Å². The van der Waals surface area contributed by atoms with Crippen molar-refractivity contribution in [1.82, 2.24) is 0 Å². The molecule has 0 aromatic heterocycles. The number of carbonyl (C=O) groups is 2. The highest BCUT2D eigenvalue weighted by atomic mass is 31.2. The van der Waals surface area contributed by atoms with Crippen LogP contribution in [0.1, 0.15) is 26.3 Å². The molecule has 0 aliphatic carbocycles. The number of hydrogen-bond donors (Lipinski definition) is 0. The van der Waals surface area contributed by atoms with Gasteiger partial charge in [-0.2, -0.15) is 0 Å². The predicted molar refractivity (Wildman–Crippen MR) is 138 cm³/mol. The summed E-state index contributed by atoms with van der Waals surface area (Å²) in [5.41, 5.74) is 0.646. The Bertz CT molecular complexity index is 1550. The summed E-state index contributed by atoms with van der Waals surface area (Å²) in [7, 11) is -3.87. The van der Waals surface area contributed by atoms with Crippen LogP contribution in [0, 0.1) is 0 Å². The topological polar surface area (TPSA) is 51.2 Å². The van der Waals surface area contributed by atoms with Crippen molar-refractivity contribution in [3.63, 3.8) is 0 Å². The van der Waals surface area contributed by atoms with Crippen molar-refractivity contribution in [2.45, 2.75) is 0 Å². The molecule has 0 saturated carbocycles. The maximum absolute atomic E-state index is 14.8. The van der Waals surface area contributed by atoms with Gasteiger partial charge in [-0.1, -0.05) is 121 Å². The van der Waals surface area contributed by atoms with Crippen molar-refractivity contribution in [2.24, 2.45) is 0 Å². The van der Waals surface area contributed by atoms with Gasteiger partial charge >= 0.3 is 0 Å². The molecule has 4 heteroatoms. The summed E-state index contributed by atoms with van der Waals surface area (Å²) in [6.45, 7) is 0. The van der Waals surface area contributed by atoms with Crippen LogP contribution in [0.3, 0.4) is 0 Å². The Morgan fingerprint density at radius 3 is 1.85 bits per heavy atom. The van der Waals surface area contributed by atoms with E-state index in [2.05, 4.69) is 0 Å². The van der Waals surface area contributed by atoms with Gasteiger partial charge < -0.3 is 4.57 Å². The van der Waals surface area contributed by atoms with Gasteiger partial charge in [0.25, 0.3) is 0 Å². The van der Waals surface area contributed by atoms with Crippen LogP contribution in [0.2, 0.25) is 0 Å². The molecule has 0 N–H and O–H groups in total. The van der Waals surface area contributed by atoms with E-state index in [1.165, 1.54) is 0 Å². The van der Waals surface area contributed by atoms with Crippen molar-refractivity contribution < 1.29 is 14.2 Å². The highest BCUT2D eigenvalue weighted by Crippen LogP contribution is 2.48. The van der Waals surface area contributed by atoms with Gasteiger partial charge in [0, 0.05) is 27.3 Å². The lowest BCUT2D eigenvalue weighted by molar-refractivity contribution is 0.104. The third-order valence-corrected chi connectivity index (χ3v) is 8.87. The van der Waals surface area contributed by atoms with Crippen LogP contribution in [-0.4, -0.2) is 11.3 Å². The average Bonchev–Trinajstić information content (AvgIpc) is 2.92. The molecule has 34 heavy (non-hydrogen) atoms. The Kier molecular flexibility index (Phi) is 5.79. The van der Waals surface area contributed by atoms with Gasteiger partial charge in [0.05, 0.1) is 0 Å². The average molecular weight is 460 g/mol. The molecule has 0 bridgehead atoms. The molecule has 1 atom stereocenters. The number of hydrogen-bond acceptors (Lipinski definition) is 3. The Balaban J connectivity index is 1.74. The summed E-state index contributed by atoms with van der Waals surface area (Å²) in [5.74, 6) is -0.260. The predicted octanol–water partition coefficient (Wildman–Crippen LogP) is 6.23. The first kappa shape index (κ1) is 21.8. The Morgan fingerprint density at radius 1 is 0.529 bits per heavy atom. The minimum absolute atomic E-state index is 0.257. The third-order valence-electron chi connectivity index (χ3n) is 5.95. The first-order valence-electron chi connectivity index (χ1n) is 11.0. The number of carbonyl (C=O) groups excluding carboxylic acids is 2. The van der Waals surface area contributed by atoms with Crippen LogP contribution in [0.15, 0.2) is 127 Å². The van der Waals surface area contributed by atoms with E-state index in [4.69, 9.17) is 0 Å². The molecule has 0 spiro atoms. The van der Waals surface area contributed by atoms with Gasteiger partial charge in [-0.3, -0.25) is 9.59 Å². The SMILES string of the molecule is O=C(c1ccccc1P(=O)(C(=O)c1ccccc1)c1ccccc1)c1cccc2ccccc12. The van der Waals surface area contributed by atoms with E-state index in [0.29, 0.717) is 16.4 Å². The van der Waals surface area contributed by atoms with Gasteiger partial charge in [-0.25, -0.2) is 0 Å². The number of rotatable bonds is 6. The van der Waals surface area contributed by atoms with E-state index in [0.717, 1.165) is 10.8 Å². The van der Waals surface area contributed by atoms with Gasteiger partial charge in [-0.05, 0) is 16.8 Å². The van der Waals surface area contributed by atoms with Gasteiger partial charge in [-0.15, -0.1) is 0 Å². The highest BCUT2D eigenvalue weighted by Gasteiger charge is 2.39. The van der Waals surface area contributed by atoms with Crippen molar-refractivity contribution in [2.75, 3.05) is 0 Å². The lowest BCUT2D eigenvalue weighted by Gasteiger charge is -2.21. The molecule has 164 valence electrons. The van der Waals surface area contributed by atoms with Crippen LogP contribution in [-0.2, 0) is 4.57 Å². The fourth-order valence-electron chi connectivity index (χ4n) is 4.27. The zero-order chi connectivity index (χ0) is 23.5. The lowest BCUT2D eigenvalue weighted by Crippen LogP contribution is -2.27.